The van der Waals surface area contributed by atoms with Gasteiger partial charge < -0.3 is 10.5 Å². The van der Waals surface area contributed by atoms with Crippen LogP contribution in [0.3, 0.4) is 0 Å². The summed E-state index contributed by atoms with van der Waals surface area (Å²) < 4.78 is 5.48. The molecule has 0 aliphatic rings. The topological polar surface area (TPSA) is 61.0 Å². The minimum Gasteiger partial charge on any atom is -0.424 e. The first-order valence-electron chi connectivity index (χ1n) is 4.67. The number of hydrogen-bond donors (Lipinski definition) is 1. The molecule has 0 atom stereocenters. The lowest BCUT2D eigenvalue weighted by Crippen LogP contribution is -1.95. The predicted molar refractivity (Wildman–Crippen MR) is 62.7 cm³/mol. The summed E-state index contributed by atoms with van der Waals surface area (Å²) in [7, 11) is 0. The molecule has 0 aliphatic heterocycles. The van der Waals surface area contributed by atoms with Gasteiger partial charge in [0.05, 0.1) is 17.4 Å². The van der Waals surface area contributed by atoms with Crippen LogP contribution in [0.5, 0.6) is 11.8 Å². The summed E-state index contributed by atoms with van der Waals surface area (Å²) >= 11 is 5.67. The minimum absolute atomic E-state index is 0.248. The zero-order valence-electron chi connectivity index (χ0n) is 8.64. The van der Waals surface area contributed by atoms with E-state index in [9.17, 15) is 0 Å². The van der Waals surface area contributed by atoms with Crippen molar-refractivity contribution in [3.05, 3.63) is 41.2 Å². The van der Waals surface area contributed by atoms with Gasteiger partial charge in [-0.15, -0.1) is 0 Å². The predicted octanol–water partition coefficient (Wildman–Crippen LogP) is 2.81. The van der Waals surface area contributed by atoms with Crippen LogP contribution in [0.1, 0.15) is 5.56 Å². The molecule has 0 aliphatic carbocycles. The van der Waals surface area contributed by atoms with Crippen LogP contribution >= 0.6 is 11.6 Å². The molecule has 0 saturated carbocycles. The number of nitrogens with zero attached hydrogens (tertiary/aromatic N) is 2. The summed E-state index contributed by atoms with van der Waals surface area (Å²) in [6.45, 7) is 1.88. The summed E-state index contributed by atoms with van der Waals surface area (Å²) in [5, 5.41) is 0.469. The van der Waals surface area contributed by atoms with Gasteiger partial charge in [-0.1, -0.05) is 17.7 Å². The van der Waals surface area contributed by atoms with Crippen molar-refractivity contribution in [2.45, 2.75) is 6.92 Å². The molecule has 0 saturated heterocycles. The van der Waals surface area contributed by atoms with Crippen LogP contribution in [0.4, 0.5) is 5.69 Å². The van der Waals surface area contributed by atoms with Crippen LogP contribution in [0, 0.1) is 6.92 Å². The third kappa shape index (κ3) is 2.23. The summed E-state index contributed by atoms with van der Waals surface area (Å²) in [5.41, 5.74) is 7.29. The number of hydrogen-bond acceptors (Lipinski definition) is 4. The highest BCUT2D eigenvalue weighted by atomic mass is 35.5. The summed E-state index contributed by atoms with van der Waals surface area (Å²) in [5.74, 6) is 0.641. The number of benzene rings is 1. The lowest BCUT2D eigenvalue weighted by molar-refractivity contribution is 0.439. The maximum Gasteiger partial charge on any atom is 0.321 e. The maximum absolute atomic E-state index is 5.76. The van der Waals surface area contributed by atoms with Crippen LogP contribution in [0.25, 0.3) is 0 Å². The third-order valence-electron chi connectivity index (χ3n) is 2.12. The summed E-state index contributed by atoms with van der Waals surface area (Å²) in [6.07, 6.45) is 2.96. The molecule has 0 radical (unpaired) electrons. The van der Waals surface area contributed by atoms with Crippen LogP contribution in [0.2, 0.25) is 5.02 Å². The Morgan fingerprint density at radius 1 is 1.25 bits per heavy atom. The smallest absolute Gasteiger partial charge is 0.321 e. The van der Waals surface area contributed by atoms with E-state index in [4.69, 9.17) is 22.1 Å². The van der Waals surface area contributed by atoms with Crippen molar-refractivity contribution in [2.75, 3.05) is 5.73 Å². The molecular weight excluding hydrogens is 226 g/mol. The zero-order chi connectivity index (χ0) is 11.5. The van der Waals surface area contributed by atoms with Crippen LogP contribution in [-0.4, -0.2) is 9.97 Å². The van der Waals surface area contributed by atoms with Crippen molar-refractivity contribution in [1.82, 2.24) is 9.97 Å². The highest BCUT2D eigenvalue weighted by Gasteiger charge is 2.05. The third-order valence-corrected chi connectivity index (χ3v) is 2.32. The maximum atomic E-state index is 5.76. The molecule has 0 unspecified atom stereocenters. The Balaban J connectivity index is 2.27. The number of nitrogen functional groups attached to an aromatic ring is 1. The van der Waals surface area contributed by atoms with Gasteiger partial charge in [0, 0.05) is 11.3 Å². The number of rotatable bonds is 2. The van der Waals surface area contributed by atoms with E-state index in [0.717, 1.165) is 5.56 Å². The molecule has 2 N–H and O–H groups in total. The van der Waals surface area contributed by atoms with Crippen LogP contribution in [0.15, 0.2) is 30.6 Å². The van der Waals surface area contributed by atoms with E-state index in [1.54, 1.807) is 0 Å². The van der Waals surface area contributed by atoms with Gasteiger partial charge in [-0.25, -0.2) is 9.97 Å². The normalized spacial score (nSPS) is 10.1. The van der Waals surface area contributed by atoms with Gasteiger partial charge in [-0.3, -0.25) is 0 Å². The highest BCUT2D eigenvalue weighted by molar-refractivity contribution is 6.30. The van der Waals surface area contributed by atoms with Gasteiger partial charge in [-0.2, -0.15) is 0 Å². The van der Waals surface area contributed by atoms with Crippen molar-refractivity contribution < 1.29 is 4.74 Å². The Kier molecular flexibility index (Phi) is 2.92. The van der Waals surface area contributed by atoms with Crippen molar-refractivity contribution in [3.63, 3.8) is 0 Å². The lowest BCUT2D eigenvalue weighted by atomic mass is 10.2. The molecule has 0 spiro atoms. The van der Waals surface area contributed by atoms with Gasteiger partial charge in [-0.05, 0) is 19.1 Å². The van der Waals surface area contributed by atoms with E-state index < -0.39 is 0 Å². The van der Waals surface area contributed by atoms with E-state index in [1.807, 2.05) is 25.1 Å². The fourth-order valence-corrected chi connectivity index (χ4v) is 1.29. The minimum atomic E-state index is 0.248. The molecule has 0 amide bonds. The van der Waals surface area contributed by atoms with Gasteiger partial charge in [0.2, 0.25) is 0 Å². The van der Waals surface area contributed by atoms with Gasteiger partial charge >= 0.3 is 6.01 Å². The second kappa shape index (κ2) is 4.37. The number of aromatic nitrogens is 2. The van der Waals surface area contributed by atoms with E-state index >= 15 is 0 Å². The van der Waals surface area contributed by atoms with E-state index in [0.29, 0.717) is 16.5 Å². The van der Waals surface area contributed by atoms with Gasteiger partial charge in [0.25, 0.3) is 0 Å². The molecule has 5 heteroatoms. The monoisotopic (exact) mass is 235 g/mol. The molecular formula is C11H10ClN3O. The molecule has 82 valence electrons. The second-order valence-electron chi connectivity index (χ2n) is 3.26. The standard InChI is InChI=1S/C11H10ClN3O/c1-7-9(13)3-2-4-10(7)16-11-14-5-8(12)6-15-11/h2-6H,13H2,1H3. The molecule has 16 heavy (non-hydrogen) atoms. The lowest BCUT2D eigenvalue weighted by Gasteiger charge is -2.08. The molecule has 2 rings (SSSR count). The van der Waals surface area contributed by atoms with E-state index in [1.165, 1.54) is 12.4 Å². The Labute approximate surface area is 98.0 Å². The van der Waals surface area contributed by atoms with Gasteiger partial charge in [0.15, 0.2) is 0 Å². The van der Waals surface area contributed by atoms with Gasteiger partial charge in [0.1, 0.15) is 5.75 Å². The van der Waals surface area contributed by atoms with E-state index in [2.05, 4.69) is 9.97 Å². The number of halogens is 1. The zero-order valence-corrected chi connectivity index (χ0v) is 9.40. The SMILES string of the molecule is Cc1c(N)cccc1Oc1ncc(Cl)cn1. The van der Waals surface area contributed by atoms with Crippen molar-refractivity contribution in [3.8, 4) is 11.8 Å². The molecule has 1 aromatic carbocycles. The Morgan fingerprint density at radius 3 is 2.62 bits per heavy atom. The molecule has 1 aromatic heterocycles. The number of nitrogens with two attached hydrogens (primary N) is 1. The number of ether oxygens (including phenoxy) is 1. The molecule has 4 nitrogen and oxygen atoms in total. The average Bonchev–Trinajstić information content (AvgIpc) is 2.28. The van der Waals surface area contributed by atoms with Crippen LogP contribution in [-0.2, 0) is 0 Å². The quantitative estimate of drug-likeness (QED) is 0.813. The average molecular weight is 236 g/mol. The number of anilines is 1. The first-order valence-corrected chi connectivity index (χ1v) is 5.05. The highest BCUT2D eigenvalue weighted by Crippen LogP contribution is 2.26. The van der Waals surface area contributed by atoms with E-state index in [-0.39, 0.29) is 6.01 Å². The second-order valence-corrected chi connectivity index (χ2v) is 3.69. The van der Waals surface area contributed by atoms with Crippen LogP contribution < -0.4 is 10.5 Å². The molecule has 2 aromatic rings. The Hall–Kier alpha value is -1.81. The molecule has 0 bridgehead atoms. The first kappa shape index (κ1) is 10.7. The van der Waals surface area contributed by atoms with Crippen molar-refractivity contribution in [1.29, 1.82) is 0 Å². The molecule has 0 fully saturated rings. The van der Waals surface area contributed by atoms with Crippen molar-refractivity contribution in [2.24, 2.45) is 0 Å². The Bertz CT molecular complexity index is 499. The fraction of sp³-hybridized carbons (Fsp3) is 0.0909. The summed E-state index contributed by atoms with van der Waals surface area (Å²) in [6, 6.07) is 5.68. The van der Waals surface area contributed by atoms with Crippen molar-refractivity contribution >= 4 is 17.3 Å². The fourth-order valence-electron chi connectivity index (χ4n) is 1.19. The summed E-state index contributed by atoms with van der Waals surface area (Å²) in [4.78, 5) is 7.88. The molecule has 1 heterocycles. The largest absolute Gasteiger partial charge is 0.424 e. The first-order chi connectivity index (χ1) is 7.66. The Morgan fingerprint density at radius 2 is 1.94 bits per heavy atom.